The third-order valence-corrected chi connectivity index (χ3v) is 5.98. The average Bonchev–Trinajstić information content (AvgIpc) is 2.67. The van der Waals surface area contributed by atoms with E-state index in [0.29, 0.717) is 0 Å². The Morgan fingerprint density at radius 1 is 1.11 bits per heavy atom. The van der Waals surface area contributed by atoms with Gasteiger partial charge in [0, 0.05) is 32.0 Å². The molecular formula is C17H19F3N4O2S. The lowest BCUT2D eigenvalue weighted by Crippen LogP contribution is -2.39. The van der Waals surface area contributed by atoms with Gasteiger partial charge in [-0.25, -0.2) is 18.1 Å². The minimum absolute atomic E-state index is 0.155. The third kappa shape index (κ3) is 4.95. The zero-order valence-electron chi connectivity index (χ0n) is 14.4. The van der Waals surface area contributed by atoms with Crippen LogP contribution in [0.4, 0.5) is 19.0 Å². The van der Waals surface area contributed by atoms with Crippen molar-refractivity contribution >= 4 is 15.8 Å². The average molecular weight is 400 g/mol. The molecule has 0 unspecified atom stereocenters. The molecule has 2 aromatic rings. The van der Waals surface area contributed by atoms with Crippen LogP contribution in [-0.4, -0.2) is 38.0 Å². The number of rotatable bonds is 5. The van der Waals surface area contributed by atoms with E-state index in [1.807, 2.05) is 0 Å². The van der Waals surface area contributed by atoms with Crippen LogP contribution < -0.4 is 9.62 Å². The molecule has 0 saturated carbocycles. The van der Waals surface area contributed by atoms with Crippen LogP contribution in [-0.2, 0) is 16.2 Å². The van der Waals surface area contributed by atoms with Gasteiger partial charge in [0.1, 0.15) is 5.82 Å². The van der Waals surface area contributed by atoms with Gasteiger partial charge in [0.15, 0.2) is 0 Å². The van der Waals surface area contributed by atoms with Gasteiger partial charge in [-0.1, -0.05) is 0 Å². The summed E-state index contributed by atoms with van der Waals surface area (Å²) in [5, 5.41) is 0. The van der Waals surface area contributed by atoms with Crippen molar-refractivity contribution in [1.29, 1.82) is 0 Å². The van der Waals surface area contributed by atoms with Gasteiger partial charge in [0.05, 0.1) is 16.7 Å². The van der Waals surface area contributed by atoms with Gasteiger partial charge < -0.3 is 4.90 Å². The highest BCUT2D eigenvalue weighted by molar-refractivity contribution is 7.89. The second-order valence-electron chi connectivity index (χ2n) is 6.37. The van der Waals surface area contributed by atoms with E-state index in [4.69, 9.17) is 0 Å². The minimum Gasteiger partial charge on any atom is -0.355 e. The molecule has 1 N–H and O–H groups in total. The summed E-state index contributed by atoms with van der Waals surface area (Å²) in [7, 11) is -3.84. The number of nitrogens with zero attached hydrogens (tertiary/aromatic N) is 3. The molecule has 10 heteroatoms. The van der Waals surface area contributed by atoms with E-state index in [-0.39, 0.29) is 17.4 Å². The van der Waals surface area contributed by atoms with Crippen LogP contribution in [0.2, 0.25) is 0 Å². The summed E-state index contributed by atoms with van der Waals surface area (Å²) in [5.41, 5.74) is -0.877. The van der Waals surface area contributed by atoms with Crippen LogP contribution in [0, 0.1) is 5.92 Å². The highest BCUT2D eigenvalue weighted by Gasteiger charge is 2.30. The van der Waals surface area contributed by atoms with Crippen molar-refractivity contribution < 1.29 is 21.6 Å². The SMILES string of the molecule is O=S(=O)(NCC1CCN(c2cnccn2)CC1)c1ccc(C(F)(F)F)cc1. The van der Waals surface area contributed by atoms with Gasteiger partial charge in [0.25, 0.3) is 0 Å². The second kappa shape index (κ2) is 7.81. The normalized spacial score (nSPS) is 16.5. The zero-order valence-corrected chi connectivity index (χ0v) is 15.2. The molecule has 1 aromatic carbocycles. The van der Waals surface area contributed by atoms with E-state index >= 15 is 0 Å². The molecule has 27 heavy (non-hydrogen) atoms. The molecule has 0 amide bonds. The van der Waals surface area contributed by atoms with Crippen molar-refractivity contribution in [3.63, 3.8) is 0 Å². The zero-order chi connectivity index (χ0) is 19.5. The second-order valence-corrected chi connectivity index (χ2v) is 8.14. The Kier molecular flexibility index (Phi) is 5.66. The lowest BCUT2D eigenvalue weighted by atomic mass is 9.97. The lowest BCUT2D eigenvalue weighted by molar-refractivity contribution is -0.137. The number of alkyl halides is 3. The van der Waals surface area contributed by atoms with E-state index in [9.17, 15) is 21.6 Å². The Labute approximate surface area is 155 Å². The number of benzene rings is 1. The molecule has 2 heterocycles. The summed E-state index contributed by atoms with van der Waals surface area (Å²) in [5.74, 6) is 0.948. The largest absolute Gasteiger partial charge is 0.416 e. The number of halogens is 3. The minimum atomic E-state index is -4.49. The van der Waals surface area contributed by atoms with Crippen molar-refractivity contribution in [2.24, 2.45) is 5.92 Å². The highest BCUT2D eigenvalue weighted by Crippen LogP contribution is 2.29. The standard InChI is InChI=1S/C17H19F3N4O2S/c18-17(19,20)14-1-3-15(4-2-14)27(25,26)23-11-13-5-9-24(10-6-13)16-12-21-7-8-22-16/h1-4,7-8,12-13,23H,5-6,9-11H2. The Hall–Kier alpha value is -2.20. The number of hydrogen-bond acceptors (Lipinski definition) is 5. The van der Waals surface area contributed by atoms with Gasteiger partial charge in [-0.3, -0.25) is 4.98 Å². The molecule has 0 bridgehead atoms. The highest BCUT2D eigenvalue weighted by atomic mass is 32.2. The summed E-state index contributed by atoms with van der Waals surface area (Å²) >= 11 is 0. The van der Waals surface area contributed by atoms with Gasteiger partial charge >= 0.3 is 6.18 Å². The molecule has 1 aromatic heterocycles. The summed E-state index contributed by atoms with van der Waals surface area (Å²) in [6.07, 6.45) is 1.99. The first-order valence-electron chi connectivity index (χ1n) is 8.43. The molecule has 1 fully saturated rings. The van der Waals surface area contributed by atoms with Crippen LogP contribution >= 0.6 is 0 Å². The number of sulfonamides is 1. The molecule has 1 aliphatic rings. The number of aromatic nitrogens is 2. The van der Waals surface area contributed by atoms with Crippen LogP contribution in [0.5, 0.6) is 0 Å². The molecule has 3 rings (SSSR count). The maximum atomic E-state index is 12.6. The Morgan fingerprint density at radius 2 is 1.78 bits per heavy atom. The fourth-order valence-electron chi connectivity index (χ4n) is 2.95. The van der Waals surface area contributed by atoms with Gasteiger partial charge in [0.2, 0.25) is 10.0 Å². The first-order valence-corrected chi connectivity index (χ1v) is 9.92. The molecule has 6 nitrogen and oxygen atoms in total. The van der Waals surface area contributed by atoms with E-state index in [1.165, 1.54) is 0 Å². The third-order valence-electron chi connectivity index (χ3n) is 4.54. The van der Waals surface area contributed by atoms with Crippen molar-refractivity contribution in [3.8, 4) is 0 Å². The Bertz CT molecular complexity index is 850. The summed E-state index contributed by atoms with van der Waals surface area (Å²) < 4.78 is 64.9. The van der Waals surface area contributed by atoms with E-state index < -0.39 is 21.8 Å². The topological polar surface area (TPSA) is 75.2 Å². The molecular weight excluding hydrogens is 381 g/mol. The van der Waals surface area contributed by atoms with E-state index in [2.05, 4.69) is 19.6 Å². The van der Waals surface area contributed by atoms with Crippen LogP contribution in [0.15, 0.2) is 47.8 Å². The summed E-state index contributed by atoms with van der Waals surface area (Å²) in [4.78, 5) is 10.2. The smallest absolute Gasteiger partial charge is 0.355 e. The number of anilines is 1. The van der Waals surface area contributed by atoms with Gasteiger partial charge in [-0.2, -0.15) is 13.2 Å². The quantitative estimate of drug-likeness (QED) is 0.835. The fourth-order valence-corrected chi connectivity index (χ4v) is 4.07. The first kappa shape index (κ1) is 19.6. The monoisotopic (exact) mass is 400 g/mol. The number of nitrogens with one attached hydrogen (secondary N) is 1. The summed E-state index contributed by atoms with van der Waals surface area (Å²) in [6.45, 7) is 1.73. The first-order chi connectivity index (χ1) is 12.8. The Balaban J connectivity index is 1.54. The predicted molar refractivity (Wildman–Crippen MR) is 93.6 cm³/mol. The van der Waals surface area contributed by atoms with Crippen molar-refractivity contribution in [1.82, 2.24) is 14.7 Å². The number of hydrogen-bond donors (Lipinski definition) is 1. The van der Waals surface area contributed by atoms with Crippen molar-refractivity contribution in [2.75, 3.05) is 24.5 Å². The predicted octanol–water partition coefficient (Wildman–Crippen LogP) is 2.69. The van der Waals surface area contributed by atoms with Crippen LogP contribution in [0.1, 0.15) is 18.4 Å². The van der Waals surface area contributed by atoms with Crippen molar-refractivity contribution in [2.45, 2.75) is 23.9 Å². The van der Waals surface area contributed by atoms with E-state index in [1.54, 1.807) is 18.6 Å². The molecule has 0 atom stereocenters. The molecule has 0 aliphatic carbocycles. The summed E-state index contributed by atoms with van der Waals surface area (Å²) in [6, 6.07) is 3.49. The van der Waals surface area contributed by atoms with Gasteiger partial charge in [-0.05, 0) is 43.0 Å². The molecule has 1 saturated heterocycles. The molecule has 146 valence electrons. The van der Waals surface area contributed by atoms with E-state index in [0.717, 1.165) is 56.0 Å². The van der Waals surface area contributed by atoms with Crippen LogP contribution in [0.25, 0.3) is 0 Å². The Morgan fingerprint density at radius 3 is 2.33 bits per heavy atom. The molecule has 1 aliphatic heterocycles. The van der Waals surface area contributed by atoms with Gasteiger partial charge in [-0.15, -0.1) is 0 Å². The number of piperidine rings is 1. The molecule has 0 radical (unpaired) electrons. The lowest BCUT2D eigenvalue weighted by Gasteiger charge is -2.32. The maximum absolute atomic E-state index is 12.6. The molecule has 0 spiro atoms. The van der Waals surface area contributed by atoms with Crippen molar-refractivity contribution in [3.05, 3.63) is 48.4 Å². The fraction of sp³-hybridized carbons (Fsp3) is 0.412. The maximum Gasteiger partial charge on any atom is 0.416 e. The van der Waals surface area contributed by atoms with Crippen LogP contribution in [0.3, 0.4) is 0 Å².